The highest BCUT2D eigenvalue weighted by Gasteiger charge is 2.54. The van der Waals surface area contributed by atoms with Gasteiger partial charge in [-0.2, -0.15) is 0 Å². The van der Waals surface area contributed by atoms with Crippen LogP contribution in [0.2, 0.25) is 0 Å². The number of hydrogen-bond donors (Lipinski definition) is 0. The lowest BCUT2D eigenvalue weighted by Gasteiger charge is -2.23. The van der Waals surface area contributed by atoms with Crippen molar-refractivity contribution in [1.82, 2.24) is 0 Å². The maximum Gasteiger partial charge on any atom is 0.138 e. The summed E-state index contributed by atoms with van der Waals surface area (Å²) in [5.74, 6) is 1.62. The van der Waals surface area contributed by atoms with Crippen molar-refractivity contribution < 1.29 is 9.53 Å². The maximum atomic E-state index is 11.5. The van der Waals surface area contributed by atoms with Gasteiger partial charge in [-0.15, -0.1) is 0 Å². The average molecular weight is 168 g/mol. The maximum absolute atomic E-state index is 11.5. The van der Waals surface area contributed by atoms with Crippen molar-refractivity contribution in [2.45, 2.75) is 39.4 Å². The molecular weight excluding hydrogens is 152 g/mol. The number of ketones is 1. The van der Waals surface area contributed by atoms with E-state index in [0.29, 0.717) is 23.7 Å². The lowest BCUT2D eigenvalue weighted by molar-refractivity contribution is -0.124. The Bertz CT molecular complexity index is 210. The fraction of sp³-hybridized carbons (Fsp3) is 0.900. The first-order valence-corrected chi connectivity index (χ1v) is 4.79. The summed E-state index contributed by atoms with van der Waals surface area (Å²) in [5.41, 5.74) is 0. The zero-order chi connectivity index (χ0) is 8.88. The molecule has 0 aromatic heterocycles. The summed E-state index contributed by atoms with van der Waals surface area (Å²) < 4.78 is 5.51. The van der Waals surface area contributed by atoms with Gasteiger partial charge in [0.1, 0.15) is 5.78 Å². The second-order valence-corrected chi connectivity index (χ2v) is 4.43. The summed E-state index contributed by atoms with van der Waals surface area (Å²) in [6.07, 6.45) is 1.40. The number of hydrogen-bond acceptors (Lipinski definition) is 2. The SMILES string of the molecule is CC(C)C1CC(=O)C(C)C2OC12. The molecule has 0 spiro atoms. The molecule has 2 aliphatic rings. The third kappa shape index (κ3) is 1.09. The number of Topliss-reactive ketones (excluding diaryl/α,β-unsaturated/α-hetero) is 1. The molecule has 2 heteroatoms. The van der Waals surface area contributed by atoms with Gasteiger partial charge in [0.25, 0.3) is 0 Å². The Morgan fingerprint density at radius 1 is 1.42 bits per heavy atom. The van der Waals surface area contributed by atoms with Crippen LogP contribution in [-0.4, -0.2) is 18.0 Å². The van der Waals surface area contributed by atoms with Gasteiger partial charge in [0.2, 0.25) is 0 Å². The summed E-state index contributed by atoms with van der Waals surface area (Å²) in [6, 6.07) is 0. The van der Waals surface area contributed by atoms with Crippen LogP contribution in [0, 0.1) is 17.8 Å². The van der Waals surface area contributed by atoms with Crippen molar-refractivity contribution >= 4 is 5.78 Å². The summed E-state index contributed by atoms with van der Waals surface area (Å²) >= 11 is 0. The van der Waals surface area contributed by atoms with Crippen LogP contribution in [0.1, 0.15) is 27.2 Å². The minimum absolute atomic E-state index is 0.157. The molecule has 2 fully saturated rings. The molecule has 2 rings (SSSR count). The number of carbonyl (C=O) groups is 1. The normalized spacial score (nSPS) is 46.2. The molecule has 4 atom stereocenters. The standard InChI is InChI=1S/C10H16O2/c1-5(2)7-4-8(11)6(3)9-10(7)12-9/h5-7,9-10H,4H2,1-3H3. The van der Waals surface area contributed by atoms with Gasteiger partial charge in [0, 0.05) is 12.3 Å². The topological polar surface area (TPSA) is 29.6 Å². The molecule has 0 aromatic rings. The van der Waals surface area contributed by atoms with Gasteiger partial charge >= 0.3 is 0 Å². The van der Waals surface area contributed by atoms with E-state index in [1.54, 1.807) is 0 Å². The van der Waals surface area contributed by atoms with Crippen molar-refractivity contribution in [3.63, 3.8) is 0 Å². The highest BCUT2D eigenvalue weighted by atomic mass is 16.6. The Morgan fingerprint density at radius 3 is 2.67 bits per heavy atom. The van der Waals surface area contributed by atoms with Crippen LogP contribution >= 0.6 is 0 Å². The second kappa shape index (κ2) is 2.56. The molecule has 1 heterocycles. The average Bonchev–Trinajstić information content (AvgIpc) is 2.75. The third-order valence-electron chi connectivity index (χ3n) is 3.28. The zero-order valence-electron chi connectivity index (χ0n) is 7.91. The van der Waals surface area contributed by atoms with Crippen LogP contribution in [0.5, 0.6) is 0 Å². The lowest BCUT2D eigenvalue weighted by Crippen LogP contribution is -2.32. The highest BCUT2D eigenvalue weighted by Crippen LogP contribution is 2.45. The molecule has 68 valence electrons. The van der Waals surface area contributed by atoms with E-state index in [1.807, 2.05) is 6.92 Å². The molecule has 0 bridgehead atoms. The van der Waals surface area contributed by atoms with Crippen LogP contribution < -0.4 is 0 Å². The van der Waals surface area contributed by atoms with Gasteiger partial charge in [-0.3, -0.25) is 4.79 Å². The predicted octanol–water partition coefficient (Wildman–Crippen LogP) is 1.63. The number of carbonyl (C=O) groups excluding carboxylic acids is 1. The fourth-order valence-electron chi connectivity index (χ4n) is 2.22. The van der Waals surface area contributed by atoms with Gasteiger partial charge < -0.3 is 4.74 Å². The molecule has 0 amide bonds. The van der Waals surface area contributed by atoms with Gasteiger partial charge in [0.15, 0.2) is 0 Å². The van der Waals surface area contributed by atoms with E-state index >= 15 is 0 Å². The highest BCUT2D eigenvalue weighted by molar-refractivity contribution is 5.83. The van der Waals surface area contributed by atoms with E-state index < -0.39 is 0 Å². The van der Waals surface area contributed by atoms with Crippen LogP contribution in [0.15, 0.2) is 0 Å². The van der Waals surface area contributed by atoms with Crippen molar-refractivity contribution in [3.05, 3.63) is 0 Å². The van der Waals surface area contributed by atoms with Crippen molar-refractivity contribution in [2.24, 2.45) is 17.8 Å². The van der Waals surface area contributed by atoms with Gasteiger partial charge in [0.05, 0.1) is 12.2 Å². The Balaban J connectivity index is 2.09. The van der Waals surface area contributed by atoms with Crippen LogP contribution in [0.25, 0.3) is 0 Å². The molecule has 1 aliphatic heterocycles. The molecule has 1 aliphatic carbocycles. The second-order valence-electron chi connectivity index (χ2n) is 4.43. The lowest BCUT2D eigenvalue weighted by atomic mass is 9.77. The molecule has 1 saturated carbocycles. The van der Waals surface area contributed by atoms with Crippen molar-refractivity contribution in [3.8, 4) is 0 Å². The van der Waals surface area contributed by atoms with E-state index in [1.165, 1.54) is 0 Å². The van der Waals surface area contributed by atoms with Crippen LogP contribution in [0.3, 0.4) is 0 Å². The monoisotopic (exact) mass is 168 g/mol. The number of rotatable bonds is 1. The Morgan fingerprint density at radius 2 is 2.08 bits per heavy atom. The summed E-state index contributed by atoms with van der Waals surface area (Å²) in [7, 11) is 0. The van der Waals surface area contributed by atoms with Crippen molar-refractivity contribution in [1.29, 1.82) is 0 Å². The molecule has 1 saturated heterocycles. The summed E-state index contributed by atoms with van der Waals surface area (Å²) in [4.78, 5) is 11.5. The first-order chi connectivity index (χ1) is 5.61. The van der Waals surface area contributed by atoms with Crippen molar-refractivity contribution in [2.75, 3.05) is 0 Å². The molecule has 0 N–H and O–H groups in total. The number of fused-ring (bicyclic) bond motifs is 1. The number of epoxide rings is 1. The molecular formula is C10H16O2. The summed E-state index contributed by atoms with van der Waals surface area (Å²) in [6.45, 7) is 6.34. The molecule has 2 nitrogen and oxygen atoms in total. The predicted molar refractivity (Wildman–Crippen MR) is 45.8 cm³/mol. The zero-order valence-corrected chi connectivity index (χ0v) is 7.91. The van der Waals surface area contributed by atoms with Gasteiger partial charge in [-0.1, -0.05) is 20.8 Å². The van der Waals surface area contributed by atoms with Gasteiger partial charge in [-0.25, -0.2) is 0 Å². The van der Waals surface area contributed by atoms with E-state index in [4.69, 9.17) is 4.74 Å². The quantitative estimate of drug-likeness (QED) is 0.557. The Hall–Kier alpha value is -0.370. The molecule has 12 heavy (non-hydrogen) atoms. The van der Waals surface area contributed by atoms with E-state index in [0.717, 1.165) is 6.42 Å². The van der Waals surface area contributed by atoms with E-state index in [2.05, 4.69) is 13.8 Å². The fourth-order valence-corrected chi connectivity index (χ4v) is 2.22. The van der Waals surface area contributed by atoms with E-state index in [-0.39, 0.29) is 12.0 Å². The molecule has 0 radical (unpaired) electrons. The van der Waals surface area contributed by atoms with Crippen LogP contribution in [-0.2, 0) is 9.53 Å². The first kappa shape index (κ1) is 8.24. The Kier molecular flexibility index (Phi) is 1.76. The first-order valence-electron chi connectivity index (χ1n) is 4.79. The third-order valence-corrected chi connectivity index (χ3v) is 3.28. The smallest absolute Gasteiger partial charge is 0.138 e. The summed E-state index contributed by atoms with van der Waals surface area (Å²) in [5, 5.41) is 0. The van der Waals surface area contributed by atoms with Gasteiger partial charge in [-0.05, 0) is 11.8 Å². The molecule has 4 unspecified atom stereocenters. The minimum atomic E-state index is 0.157. The molecule has 0 aromatic carbocycles. The van der Waals surface area contributed by atoms with Crippen LogP contribution in [0.4, 0.5) is 0 Å². The largest absolute Gasteiger partial charge is 0.368 e. The minimum Gasteiger partial charge on any atom is -0.368 e. The number of ether oxygens (including phenoxy) is 1. The van der Waals surface area contributed by atoms with E-state index in [9.17, 15) is 4.79 Å². The Labute approximate surface area is 73.3 Å².